The lowest BCUT2D eigenvalue weighted by molar-refractivity contribution is -0.136. The first kappa shape index (κ1) is 11.9. The molecule has 0 unspecified atom stereocenters. The van der Waals surface area contributed by atoms with Crippen LogP contribution in [-0.2, 0) is 9.53 Å². The molecule has 0 saturated heterocycles. The van der Waals surface area contributed by atoms with Crippen LogP contribution in [0.2, 0.25) is 0 Å². The van der Waals surface area contributed by atoms with Gasteiger partial charge in [0, 0.05) is 11.6 Å². The largest absolute Gasteiger partial charge is 0.464 e. The second kappa shape index (κ2) is 5.06. The smallest absolute Gasteiger partial charge is 0.354 e. The van der Waals surface area contributed by atoms with Gasteiger partial charge in [-0.05, 0) is 12.1 Å². The van der Waals surface area contributed by atoms with E-state index in [0.29, 0.717) is 0 Å². The van der Waals surface area contributed by atoms with E-state index < -0.39 is 17.6 Å². The lowest BCUT2D eigenvalue weighted by Crippen LogP contribution is -2.14. The topological polar surface area (TPSA) is 69.4 Å². The van der Waals surface area contributed by atoms with Crippen molar-refractivity contribution in [3.05, 3.63) is 47.4 Å². The van der Waals surface area contributed by atoms with Gasteiger partial charge in [0.2, 0.25) is 0 Å². The molecule has 1 rings (SSSR count). The molecule has 0 spiro atoms. The van der Waals surface area contributed by atoms with Gasteiger partial charge in [0.05, 0.1) is 7.11 Å². The zero-order chi connectivity index (χ0) is 12.1. The third-order valence-corrected chi connectivity index (χ3v) is 1.82. The Morgan fingerprint density at radius 1 is 1.44 bits per heavy atom. The summed E-state index contributed by atoms with van der Waals surface area (Å²) in [5, 5.41) is 0. The van der Waals surface area contributed by atoms with E-state index in [1.54, 1.807) is 0 Å². The fourth-order valence-corrected chi connectivity index (χ4v) is 1.04. The molecule has 0 heterocycles. The van der Waals surface area contributed by atoms with E-state index in [9.17, 15) is 14.0 Å². The van der Waals surface area contributed by atoms with Crippen LogP contribution in [0.1, 0.15) is 10.4 Å². The van der Waals surface area contributed by atoms with Gasteiger partial charge in [-0.15, -0.1) is 0 Å². The van der Waals surface area contributed by atoms with E-state index in [2.05, 4.69) is 4.74 Å². The summed E-state index contributed by atoms with van der Waals surface area (Å²) in [4.78, 5) is 22.4. The number of rotatable bonds is 3. The van der Waals surface area contributed by atoms with Crippen molar-refractivity contribution in [3.8, 4) is 0 Å². The van der Waals surface area contributed by atoms with Crippen molar-refractivity contribution in [2.75, 3.05) is 7.11 Å². The van der Waals surface area contributed by atoms with Crippen LogP contribution in [0, 0.1) is 5.82 Å². The Morgan fingerprint density at radius 2 is 2.12 bits per heavy atom. The molecular formula is C11H10FNO3. The third kappa shape index (κ3) is 2.91. The molecule has 16 heavy (non-hydrogen) atoms. The molecule has 0 atom stereocenters. The van der Waals surface area contributed by atoms with Crippen LogP contribution >= 0.6 is 0 Å². The molecule has 0 aromatic heterocycles. The molecule has 0 fully saturated rings. The number of carbonyl (C=O) groups is 2. The highest BCUT2D eigenvalue weighted by molar-refractivity contribution is 6.08. The minimum Gasteiger partial charge on any atom is -0.464 e. The minimum absolute atomic E-state index is 0.117. The predicted octanol–water partition coefficient (Wildman–Crippen LogP) is 1.02. The minimum atomic E-state index is -0.801. The number of ketones is 1. The number of methoxy groups -OCH3 is 1. The van der Waals surface area contributed by atoms with Crippen molar-refractivity contribution < 1.29 is 18.7 Å². The van der Waals surface area contributed by atoms with E-state index in [-0.39, 0.29) is 11.3 Å². The molecule has 5 heteroatoms. The third-order valence-electron chi connectivity index (χ3n) is 1.82. The molecule has 0 aliphatic carbocycles. The van der Waals surface area contributed by atoms with Gasteiger partial charge >= 0.3 is 5.97 Å². The molecule has 1 aromatic carbocycles. The first-order chi connectivity index (χ1) is 7.54. The van der Waals surface area contributed by atoms with Gasteiger partial charge in [-0.3, -0.25) is 4.79 Å². The zero-order valence-corrected chi connectivity index (χ0v) is 8.57. The van der Waals surface area contributed by atoms with Crippen LogP contribution in [0.4, 0.5) is 4.39 Å². The highest BCUT2D eigenvalue weighted by atomic mass is 19.1. The highest BCUT2D eigenvalue weighted by Crippen LogP contribution is 2.06. The number of hydrogen-bond donors (Lipinski definition) is 1. The first-order valence-electron chi connectivity index (χ1n) is 4.40. The molecule has 1 aromatic rings. The number of benzene rings is 1. The monoisotopic (exact) mass is 223 g/mol. The molecule has 0 aliphatic rings. The average molecular weight is 223 g/mol. The molecule has 84 valence electrons. The van der Waals surface area contributed by atoms with E-state index in [0.717, 1.165) is 19.3 Å². The van der Waals surface area contributed by atoms with Crippen molar-refractivity contribution in [1.29, 1.82) is 0 Å². The molecule has 0 saturated carbocycles. The summed E-state index contributed by atoms with van der Waals surface area (Å²) in [5.74, 6) is -1.89. The Kier molecular flexibility index (Phi) is 3.77. The second-order valence-electron chi connectivity index (χ2n) is 2.97. The van der Waals surface area contributed by atoms with Gasteiger partial charge in [-0.2, -0.15) is 0 Å². The summed E-state index contributed by atoms with van der Waals surface area (Å²) in [5.41, 5.74) is 5.07. The molecule has 4 nitrogen and oxygen atoms in total. The van der Waals surface area contributed by atoms with Gasteiger partial charge in [-0.25, -0.2) is 9.18 Å². The van der Waals surface area contributed by atoms with Crippen molar-refractivity contribution >= 4 is 11.8 Å². The summed E-state index contributed by atoms with van der Waals surface area (Å²) in [6.45, 7) is 0. The van der Waals surface area contributed by atoms with Crippen molar-refractivity contribution in [2.45, 2.75) is 0 Å². The zero-order valence-electron chi connectivity index (χ0n) is 8.57. The number of carbonyl (C=O) groups excluding carboxylic acids is 2. The van der Waals surface area contributed by atoms with Crippen LogP contribution in [0.3, 0.4) is 0 Å². The molecule has 0 radical (unpaired) electrons. The van der Waals surface area contributed by atoms with E-state index in [1.807, 2.05) is 0 Å². The quantitative estimate of drug-likeness (QED) is 0.472. The van der Waals surface area contributed by atoms with Crippen LogP contribution in [0.25, 0.3) is 0 Å². The van der Waals surface area contributed by atoms with Gasteiger partial charge in [0.15, 0.2) is 5.78 Å². The van der Waals surface area contributed by atoms with Gasteiger partial charge < -0.3 is 10.5 Å². The molecule has 0 bridgehead atoms. The summed E-state index contributed by atoms with van der Waals surface area (Å²) < 4.78 is 17.1. The average Bonchev–Trinajstić information content (AvgIpc) is 2.27. The van der Waals surface area contributed by atoms with Crippen molar-refractivity contribution in [2.24, 2.45) is 5.73 Å². The van der Waals surface area contributed by atoms with Gasteiger partial charge in [0.25, 0.3) is 0 Å². The SMILES string of the molecule is COC(=O)/C(N)=C/C(=O)c1cccc(F)c1. The molecular weight excluding hydrogens is 213 g/mol. The number of hydrogen-bond acceptors (Lipinski definition) is 4. The predicted molar refractivity (Wildman–Crippen MR) is 55.0 cm³/mol. The molecule has 0 aliphatic heterocycles. The first-order valence-corrected chi connectivity index (χ1v) is 4.40. The van der Waals surface area contributed by atoms with Crippen LogP contribution < -0.4 is 5.73 Å². The number of allylic oxidation sites excluding steroid dienone is 1. The van der Waals surface area contributed by atoms with Gasteiger partial charge in [-0.1, -0.05) is 12.1 Å². The maximum atomic E-state index is 12.8. The van der Waals surface area contributed by atoms with Crippen molar-refractivity contribution in [3.63, 3.8) is 0 Å². The Hall–Kier alpha value is -2.17. The summed E-state index contributed by atoms with van der Waals surface area (Å²) in [7, 11) is 1.15. The molecule has 0 amide bonds. The maximum absolute atomic E-state index is 12.8. The van der Waals surface area contributed by atoms with E-state index in [1.165, 1.54) is 18.2 Å². The number of esters is 1. The maximum Gasteiger partial charge on any atom is 0.354 e. The summed E-state index contributed by atoms with van der Waals surface area (Å²) >= 11 is 0. The van der Waals surface area contributed by atoms with E-state index >= 15 is 0 Å². The highest BCUT2D eigenvalue weighted by Gasteiger charge is 2.09. The van der Waals surface area contributed by atoms with Crippen molar-refractivity contribution in [1.82, 2.24) is 0 Å². The van der Waals surface area contributed by atoms with Gasteiger partial charge in [0.1, 0.15) is 11.5 Å². The Balaban J connectivity index is 2.92. The Bertz CT molecular complexity index is 454. The number of halogens is 1. The van der Waals surface area contributed by atoms with E-state index in [4.69, 9.17) is 5.73 Å². The fraction of sp³-hybridized carbons (Fsp3) is 0.0909. The lowest BCUT2D eigenvalue weighted by atomic mass is 10.1. The fourth-order valence-electron chi connectivity index (χ4n) is 1.04. The Morgan fingerprint density at radius 3 is 2.69 bits per heavy atom. The summed E-state index contributed by atoms with van der Waals surface area (Å²) in [6, 6.07) is 5.09. The van der Waals surface area contributed by atoms with Crippen LogP contribution in [0.5, 0.6) is 0 Å². The lowest BCUT2D eigenvalue weighted by Gasteiger charge is -1.99. The summed E-state index contributed by atoms with van der Waals surface area (Å²) in [6.07, 6.45) is 0.903. The second-order valence-corrected chi connectivity index (χ2v) is 2.97. The number of ether oxygens (including phenoxy) is 1. The Labute approximate surface area is 91.5 Å². The van der Waals surface area contributed by atoms with Crippen LogP contribution in [0.15, 0.2) is 36.0 Å². The molecule has 2 N–H and O–H groups in total. The standard InChI is InChI=1S/C11H10FNO3/c1-16-11(15)9(13)6-10(14)7-3-2-4-8(12)5-7/h2-6H,13H2,1H3/b9-6-. The van der Waals surface area contributed by atoms with Crippen LogP contribution in [-0.4, -0.2) is 18.9 Å². The number of nitrogens with two attached hydrogens (primary N) is 1. The normalized spacial score (nSPS) is 11.0.